The van der Waals surface area contributed by atoms with Crippen LogP contribution in [0.3, 0.4) is 0 Å². The molecule has 1 N–H and O–H groups in total. The number of halogens is 1. The fraction of sp³-hybridized carbons (Fsp3) is 0.0833. The van der Waals surface area contributed by atoms with Gasteiger partial charge in [0, 0.05) is 29.5 Å². The van der Waals surface area contributed by atoms with Crippen LogP contribution < -0.4 is 10.2 Å². The Labute approximate surface area is 179 Å². The summed E-state index contributed by atoms with van der Waals surface area (Å²) in [6, 6.07) is 26.3. The van der Waals surface area contributed by atoms with Crippen LogP contribution in [0.2, 0.25) is 0 Å². The number of thiocarbonyl (C=S) groups is 1. The molecule has 0 bridgehead atoms. The first-order chi connectivity index (χ1) is 14.7. The minimum atomic E-state index is -0.256. The molecular formula is C24H19FN4S. The zero-order valence-corrected chi connectivity index (χ0v) is 16.8. The van der Waals surface area contributed by atoms with Crippen LogP contribution in [0.1, 0.15) is 23.5 Å². The Morgan fingerprint density at radius 3 is 2.33 bits per heavy atom. The van der Waals surface area contributed by atoms with Crippen LogP contribution in [0.4, 0.5) is 10.1 Å². The Hall–Kier alpha value is -3.51. The fourth-order valence-electron chi connectivity index (χ4n) is 3.99. The van der Waals surface area contributed by atoms with Crippen molar-refractivity contribution in [3.8, 4) is 5.69 Å². The van der Waals surface area contributed by atoms with E-state index in [-0.39, 0.29) is 17.9 Å². The summed E-state index contributed by atoms with van der Waals surface area (Å²) >= 11 is 5.76. The lowest BCUT2D eigenvalue weighted by atomic mass is 10.0. The average Bonchev–Trinajstić information content (AvgIpc) is 3.40. The molecule has 0 spiro atoms. The highest BCUT2D eigenvalue weighted by atomic mass is 32.1. The molecule has 1 fully saturated rings. The number of hydrogen-bond donors (Lipinski definition) is 1. The number of pyridine rings is 1. The minimum Gasteiger partial charge on any atom is -0.351 e. The highest BCUT2D eigenvalue weighted by Crippen LogP contribution is 2.42. The minimum absolute atomic E-state index is 0.130. The van der Waals surface area contributed by atoms with E-state index in [2.05, 4.69) is 25.8 Å². The van der Waals surface area contributed by atoms with Crippen LogP contribution in [-0.4, -0.2) is 14.7 Å². The standard InChI is InChI=1S/C24H19FN4S/c25-17-11-13-18(14-12-17)28-16-6-10-21(28)23-22(20-9-4-5-15-26-20)27-24(30)29(23)19-7-2-1-3-8-19/h1-16,22-23H,(H,27,30)/t22-,23-/m1/s1. The summed E-state index contributed by atoms with van der Waals surface area (Å²) in [5.74, 6) is -0.256. The molecule has 30 heavy (non-hydrogen) atoms. The van der Waals surface area contributed by atoms with Crippen LogP contribution in [0.25, 0.3) is 5.69 Å². The summed E-state index contributed by atoms with van der Waals surface area (Å²) in [6.45, 7) is 0. The number of anilines is 1. The number of hydrogen-bond acceptors (Lipinski definition) is 2. The summed E-state index contributed by atoms with van der Waals surface area (Å²) in [6.07, 6.45) is 3.78. The second-order valence-electron chi connectivity index (χ2n) is 7.11. The van der Waals surface area contributed by atoms with Crippen molar-refractivity contribution in [3.63, 3.8) is 0 Å². The second kappa shape index (κ2) is 7.72. The molecule has 1 aliphatic heterocycles. The molecule has 5 rings (SSSR count). The van der Waals surface area contributed by atoms with E-state index in [0.717, 1.165) is 22.8 Å². The van der Waals surface area contributed by atoms with Crippen molar-refractivity contribution in [1.29, 1.82) is 0 Å². The van der Waals surface area contributed by atoms with Crippen LogP contribution in [0.5, 0.6) is 0 Å². The zero-order chi connectivity index (χ0) is 20.5. The maximum atomic E-state index is 13.5. The van der Waals surface area contributed by atoms with Gasteiger partial charge in [0.1, 0.15) is 11.9 Å². The van der Waals surface area contributed by atoms with Crippen LogP contribution in [0, 0.1) is 5.82 Å². The average molecular weight is 415 g/mol. The van der Waals surface area contributed by atoms with Crippen molar-refractivity contribution in [2.45, 2.75) is 12.1 Å². The quantitative estimate of drug-likeness (QED) is 0.466. The van der Waals surface area contributed by atoms with Crippen LogP contribution in [-0.2, 0) is 0 Å². The van der Waals surface area contributed by atoms with E-state index in [4.69, 9.17) is 12.2 Å². The van der Waals surface area contributed by atoms with E-state index in [9.17, 15) is 4.39 Å². The predicted molar refractivity (Wildman–Crippen MR) is 120 cm³/mol. The Balaban J connectivity index is 1.66. The molecule has 2 aromatic heterocycles. The van der Waals surface area contributed by atoms with Gasteiger partial charge in [-0.1, -0.05) is 24.3 Å². The summed E-state index contributed by atoms with van der Waals surface area (Å²) in [4.78, 5) is 6.72. The second-order valence-corrected chi connectivity index (χ2v) is 7.50. The van der Waals surface area contributed by atoms with Crippen molar-refractivity contribution in [3.05, 3.63) is 115 Å². The first kappa shape index (κ1) is 18.5. The van der Waals surface area contributed by atoms with E-state index in [1.54, 1.807) is 18.3 Å². The molecule has 1 saturated heterocycles. The number of aromatic nitrogens is 2. The normalized spacial score (nSPS) is 18.4. The van der Waals surface area contributed by atoms with Gasteiger partial charge in [-0.05, 0) is 72.9 Å². The lowest BCUT2D eigenvalue weighted by Gasteiger charge is -2.29. The van der Waals surface area contributed by atoms with E-state index in [1.807, 2.05) is 60.8 Å². The van der Waals surface area contributed by atoms with Gasteiger partial charge >= 0.3 is 0 Å². The number of rotatable bonds is 4. The highest BCUT2D eigenvalue weighted by Gasteiger charge is 2.42. The maximum Gasteiger partial charge on any atom is 0.174 e. The van der Waals surface area contributed by atoms with Crippen molar-refractivity contribution in [1.82, 2.24) is 14.9 Å². The van der Waals surface area contributed by atoms with Crippen molar-refractivity contribution >= 4 is 23.0 Å². The van der Waals surface area contributed by atoms with Crippen molar-refractivity contribution < 1.29 is 4.39 Å². The van der Waals surface area contributed by atoms with Gasteiger partial charge in [-0.2, -0.15) is 0 Å². The van der Waals surface area contributed by atoms with Crippen molar-refractivity contribution in [2.24, 2.45) is 0 Å². The molecule has 4 nitrogen and oxygen atoms in total. The Morgan fingerprint density at radius 2 is 1.60 bits per heavy atom. The molecule has 0 saturated carbocycles. The molecule has 3 heterocycles. The third-order valence-corrected chi connectivity index (χ3v) is 5.64. The monoisotopic (exact) mass is 414 g/mol. The number of benzene rings is 2. The summed E-state index contributed by atoms with van der Waals surface area (Å²) < 4.78 is 15.6. The number of para-hydroxylation sites is 1. The van der Waals surface area contributed by atoms with Gasteiger partial charge in [0.15, 0.2) is 5.11 Å². The molecule has 0 radical (unpaired) electrons. The van der Waals surface area contributed by atoms with Crippen LogP contribution >= 0.6 is 12.2 Å². The molecule has 148 valence electrons. The van der Waals surface area contributed by atoms with Crippen molar-refractivity contribution in [2.75, 3.05) is 4.90 Å². The molecule has 2 atom stereocenters. The van der Waals surface area contributed by atoms with Gasteiger partial charge in [0.2, 0.25) is 0 Å². The lowest BCUT2D eigenvalue weighted by Crippen LogP contribution is -2.30. The largest absolute Gasteiger partial charge is 0.351 e. The van der Waals surface area contributed by atoms with Gasteiger partial charge in [-0.15, -0.1) is 0 Å². The van der Waals surface area contributed by atoms with Gasteiger partial charge in [0.25, 0.3) is 0 Å². The first-order valence-electron chi connectivity index (χ1n) is 9.71. The Bertz CT molecular complexity index is 1160. The van der Waals surface area contributed by atoms with Gasteiger partial charge < -0.3 is 14.8 Å². The summed E-state index contributed by atoms with van der Waals surface area (Å²) in [5, 5.41) is 4.11. The summed E-state index contributed by atoms with van der Waals surface area (Å²) in [5.41, 5.74) is 3.84. The lowest BCUT2D eigenvalue weighted by molar-refractivity contribution is 0.549. The maximum absolute atomic E-state index is 13.5. The third kappa shape index (κ3) is 3.25. The Kier molecular flexibility index (Phi) is 4.77. The smallest absolute Gasteiger partial charge is 0.174 e. The molecule has 2 aromatic carbocycles. The van der Waals surface area contributed by atoms with Gasteiger partial charge in [-0.3, -0.25) is 4.98 Å². The number of nitrogens with zero attached hydrogens (tertiary/aromatic N) is 3. The van der Waals surface area contributed by atoms with Crippen LogP contribution in [0.15, 0.2) is 97.3 Å². The molecule has 0 aliphatic carbocycles. The molecule has 0 unspecified atom stereocenters. The van der Waals surface area contributed by atoms with E-state index in [1.165, 1.54) is 12.1 Å². The van der Waals surface area contributed by atoms with E-state index >= 15 is 0 Å². The molecular weight excluding hydrogens is 395 g/mol. The zero-order valence-electron chi connectivity index (χ0n) is 16.0. The highest BCUT2D eigenvalue weighted by molar-refractivity contribution is 7.80. The SMILES string of the molecule is Fc1ccc(-n2cccc2[C@@H]2[C@@H](c3ccccn3)NC(=S)N2c2ccccc2)cc1. The third-order valence-electron chi connectivity index (χ3n) is 5.32. The van der Waals surface area contributed by atoms with Gasteiger partial charge in [-0.25, -0.2) is 4.39 Å². The first-order valence-corrected chi connectivity index (χ1v) is 10.1. The Morgan fingerprint density at radius 1 is 0.833 bits per heavy atom. The van der Waals surface area contributed by atoms with Gasteiger partial charge in [0.05, 0.1) is 11.7 Å². The molecule has 1 aliphatic rings. The molecule has 6 heteroatoms. The predicted octanol–water partition coefficient (Wildman–Crippen LogP) is 5.19. The summed E-state index contributed by atoms with van der Waals surface area (Å²) in [7, 11) is 0. The van der Waals surface area contributed by atoms with E-state index < -0.39 is 0 Å². The fourth-order valence-corrected chi connectivity index (χ4v) is 4.34. The topological polar surface area (TPSA) is 33.1 Å². The van der Waals surface area contributed by atoms with E-state index in [0.29, 0.717) is 5.11 Å². The molecule has 0 amide bonds. The molecule has 4 aromatic rings. The number of nitrogens with one attached hydrogen (secondary N) is 1.